The van der Waals surface area contributed by atoms with Crippen molar-refractivity contribution in [1.29, 1.82) is 0 Å². The SMILES string of the molecule is Cc1cn([C@H]2C[C@H](O)[C@@H](CO)O2)c(=O)n2nc(-c3ccccc3)nc12. The lowest BCUT2D eigenvalue weighted by Gasteiger charge is -2.15. The number of hydrogen-bond donors (Lipinski definition) is 2. The highest BCUT2D eigenvalue weighted by atomic mass is 16.5. The summed E-state index contributed by atoms with van der Waals surface area (Å²) in [6.07, 6.45) is -0.265. The van der Waals surface area contributed by atoms with Gasteiger partial charge in [0.05, 0.1) is 12.7 Å². The van der Waals surface area contributed by atoms with Crippen molar-refractivity contribution in [2.24, 2.45) is 0 Å². The minimum Gasteiger partial charge on any atom is -0.394 e. The van der Waals surface area contributed by atoms with Gasteiger partial charge in [-0.05, 0) is 6.92 Å². The Morgan fingerprint density at radius 3 is 2.76 bits per heavy atom. The van der Waals surface area contributed by atoms with Crippen LogP contribution in [0.2, 0.25) is 0 Å². The smallest absolute Gasteiger partial charge is 0.352 e. The third-order valence-corrected chi connectivity index (χ3v) is 4.42. The van der Waals surface area contributed by atoms with E-state index >= 15 is 0 Å². The van der Waals surface area contributed by atoms with Crippen LogP contribution < -0.4 is 5.69 Å². The number of aromatic nitrogens is 4. The van der Waals surface area contributed by atoms with Gasteiger partial charge in [0, 0.05) is 23.7 Å². The van der Waals surface area contributed by atoms with E-state index in [1.807, 2.05) is 37.3 Å². The third-order valence-electron chi connectivity index (χ3n) is 4.42. The van der Waals surface area contributed by atoms with Gasteiger partial charge in [0.2, 0.25) is 0 Å². The summed E-state index contributed by atoms with van der Waals surface area (Å²) < 4.78 is 8.23. The molecule has 0 radical (unpaired) electrons. The molecule has 1 aliphatic rings. The van der Waals surface area contributed by atoms with E-state index < -0.39 is 24.1 Å². The number of aryl methyl sites for hydroxylation is 1. The van der Waals surface area contributed by atoms with Gasteiger partial charge in [0.15, 0.2) is 11.5 Å². The summed E-state index contributed by atoms with van der Waals surface area (Å²) >= 11 is 0. The fraction of sp³-hybridized carbons (Fsp3) is 0.353. The average molecular weight is 342 g/mol. The molecular weight excluding hydrogens is 324 g/mol. The number of hydrogen-bond acceptors (Lipinski definition) is 6. The second-order valence-corrected chi connectivity index (χ2v) is 6.15. The molecule has 25 heavy (non-hydrogen) atoms. The molecule has 4 rings (SSSR count). The molecule has 8 nitrogen and oxygen atoms in total. The first-order valence-electron chi connectivity index (χ1n) is 8.07. The average Bonchev–Trinajstić information content (AvgIpc) is 3.23. The van der Waals surface area contributed by atoms with E-state index in [2.05, 4.69) is 10.1 Å². The van der Waals surface area contributed by atoms with Crippen molar-refractivity contribution in [2.45, 2.75) is 31.8 Å². The van der Waals surface area contributed by atoms with Crippen molar-refractivity contribution in [3.63, 3.8) is 0 Å². The van der Waals surface area contributed by atoms with Crippen LogP contribution in [-0.4, -0.2) is 48.2 Å². The number of aliphatic hydroxyl groups is 2. The van der Waals surface area contributed by atoms with Crippen molar-refractivity contribution in [3.8, 4) is 11.4 Å². The molecule has 0 bridgehead atoms. The Kier molecular flexibility index (Phi) is 3.87. The Bertz CT molecular complexity index is 966. The first-order chi connectivity index (χ1) is 12.1. The van der Waals surface area contributed by atoms with Gasteiger partial charge in [-0.1, -0.05) is 30.3 Å². The predicted octanol–water partition coefficient (Wildman–Crippen LogP) is 0.507. The minimum atomic E-state index is -0.812. The summed E-state index contributed by atoms with van der Waals surface area (Å²) in [6, 6.07) is 9.43. The third kappa shape index (κ3) is 2.64. The van der Waals surface area contributed by atoms with Crippen LogP contribution in [0.15, 0.2) is 41.3 Å². The molecule has 0 spiro atoms. The molecule has 0 unspecified atom stereocenters. The van der Waals surface area contributed by atoms with Gasteiger partial charge < -0.3 is 14.9 Å². The largest absolute Gasteiger partial charge is 0.394 e. The molecular formula is C17H18N4O4. The Balaban J connectivity index is 1.81. The zero-order valence-electron chi connectivity index (χ0n) is 13.6. The van der Waals surface area contributed by atoms with Crippen LogP contribution in [0.1, 0.15) is 18.2 Å². The summed E-state index contributed by atoms with van der Waals surface area (Å²) in [6.45, 7) is 1.54. The Hall–Kier alpha value is -2.55. The zero-order chi connectivity index (χ0) is 17.6. The van der Waals surface area contributed by atoms with E-state index in [1.54, 1.807) is 6.20 Å². The molecule has 8 heteroatoms. The van der Waals surface area contributed by atoms with Crippen molar-refractivity contribution in [2.75, 3.05) is 6.61 Å². The number of aliphatic hydroxyl groups excluding tert-OH is 2. The van der Waals surface area contributed by atoms with Gasteiger partial charge in [-0.3, -0.25) is 4.57 Å². The molecule has 3 heterocycles. The maximum absolute atomic E-state index is 12.8. The molecule has 3 atom stereocenters. The van der Waals surface area contributed by atoms with Crippen LogP contribution in [0, 0.1) is 6.92 Å². The van der Waals surface area contributed by atoms with Crippen LogP contribution in [0.25, 0.3) is 17.0 Å². The van der Waals surface area contributed by atoms with Crippen molar-refractivity contribution in [3.05, 3.63) is 52.6 Å². The van der Waals surface area contributed by atoms with Gasteiger partial charge >= 0.3 is 5.69 Å². The fourth-order valence-electron chi connectivity index (χ4n) is 3.10. The number of rotatable bonds is 3. The second kappa shape index (κ2) is 6.07. The van der Waals surface area contributed by atoms with E-state index in [0.29, 0.717) is 11.5 Å². The lowest BCUT2D eigenvalue weighted by atomic mass is 10.2. The topological polar surface area (TPSA) is 102 Å². The Morgan fingerprint density at radius 2 is 2.08 bits per heavy atom. The maximum atomic E-state index is 12.8. The summed E-state index contributed by atoms with van der Waals surface area (Å²) in [5.74, 6) is 0.471. The van der Waals surface area contributed by atoms with Crippen LogP contribution >= 0.6 is 0 Å². The number of fused-ring (bicyclic) bond motifs is 1. The normalized spacial score (nSPS) is 23.4. The molecule has 1 saturated heterocycles. The highest BCUT2D eigenvalue weighted by Gasteiger charge is 2.35. The molecule has 0 amide bonds. The Labute approximate surface area is 142 Å². The predicted molar refractivity (Wildman–Crippen MR) is 89.0 cm³/mol. The van der Waals surface area contributed by atoms with Crippen LogP contribution in [-0.2, 0) is 4.74 Å². The summed E-state index contributed by atoms with van der Waals surface area (Å²) in [5.41, 5.74) is 1.67. The summed E-state index contributed by atoms with van der Waals surface area (Å²) in [5, 5.41) is 23.5. The summed E-state index contributed by atoms with van der Waals surface area (Å²) in [4.78, 5) is 17.3. The van der Waals surface area contributed by atoms with E-state index in [9.17, 15) is 15.0 Å². The van der Waals surface area contributed by atoms with E-state index in [4.69, 9.17) is 4.74 Å². The van der Waals surface area contributed by atoms with Crippen LogP contribution in [0.4, 0.5) is 0 Å². The van der Waals surface area contributed by atoms with E-state index in [0.717, 1.165) is 11.1 Å². The quantitative estimate of drug-likeness (QED) is 0.719. The van der Waals surface area contributed by atoms with E-state index in [1.165, 1.54) is 9.08 Å². The van der Waals surface area contributed by atoms with E-state index in [-0.39, 0.29) is 13.0 Å². The lowest BCUT2D eigenvalue weighted by Crippen LogP contribution is -2.31. The van der Waals surface area contributed by atoms with Gasteiger partial charge in [0.1, 0.15) is 12.3 Å². The first-order valence-corrected chi connectivity index (χ1v) is 8.07. The molecule has 1 aromatic carbocycles. The highest BCUT2D eigenvalue weighted by Crippen LogP contribution is 2.28. The molecule has 2 aromatic heterocycles. The molecule has 2 N–H and O–H groups in total. The van der Waals surface area contributed by atoms with Crippen molar-refractivity contribution >= 4 is 5.65 Å². The molecule has 0 aliphatic carbocycles. The maximum Gasteiger partial charge on any atom is 0.352 e. The molecule has 130 valence electrons. The standard InChI is InChI=1S/C17H18N4O4/c1-10-8-20(14-7-12(23)13(9-22)25-14)17(24)21-16(10)18-15(19-21)11-5-3-2-4-6-11/h2-6,8,12-14,22-23H,7,9H2,1H3/t12-,13+,14+/m0/s1. The van der Waals surface area contributed by atoms with Gasteiger partial charge in [-0.15, -0.1) is 5.10 Å². The highest BCUT2D eigenvalue weighted by molar-refractivity contribution is 5.59. The molecule has 3 aromatic rings. The zero-order valence-corrected chi connectivity index (χ0v) is 13.6. The minimum absolute atomic E-state index is 0.232. The number of ether oxygens (including phenoxy) is 1. The van der Waals surface area contributed by atoms with Crippen molar-refractivity contribution < 1.29 is 14.9 Å². The first kappa shape index (κ1) is 15.9. The number of benzene rings is 1. The molecule has 1 fully saturated rings. The summed E-state index contributed by atoms with van der Waals surface area (Å²) in [7, 11) is 0. The monoisotopic (exact) mass is 342 g/mol. The van der Waals surface area contributed by atoms with Crippen LogP contribution in [0.5, 0.6) is 0 Å². The van der Waals surface area contributed by atoms with Crippen LogP contribution in [0.3, 0.4) is 0 Å². The van der Waals surface area contributed by atoms with Gasteiger partial charge in [-0.25, -0.2) is 9.78 Å². The lowest BCUT2D eigenvalue weighted by molar-refractivity contribution is -0.0460. The van der Waals surface area contributed by atoms with Gasteiger partial charge in [0.25, 0.3) is 0 Å². The molecule has 1 aliphatic heterocycles. The number of nitrogens with zero attached hydrogens (tertiary/aromatic N) is 4. The van der Waals surface area contributed by atoms with Gasteiger partial charge in [-0.2, -0.15) is 4.52 Å². The molecule has 0 saturated carbocycles. The van der Waals surface area contributed by atoms with Crippen molar-refractivity contribution in [1.82, 2.24) is 19.2 Å². The second-order valence-electron chi connectivity index (χ2n) is 6.15. The fourth-order valence-corrected chi connectivity index (χ4v) is 3.10. The Morgan fingerprint density at radius 1 is 1.32 bits per heavy atom.